The highest BCUT2D eigenvalue weighted by Crippen LogP contribution is 2.31. The van der Waals surface area contributed by atoms with Gasteiger partial charge in [0.25, 0.3) is 5.69 Å². The van der Waals surface area contributed by atoms with Crippen LogP contribution >= 0.6 is 0 Å². The van der Waals surface area contributed by atoms with Gasteiger partial charge in [-0.1, -0.05) is 12.1 Å². The highest BCUT2D eigenvalue weighted by molar-refractivity contribution is 5.78. The molecule has 0 aliphatic rings. The van der Waals surface area contributed by atoms with E-state index in [-0.39, 0.29) is 5.69 Å². The molecule has 3 rings (SSSR count). The number of non-ortho nitro benzene ring substituents is 1. The quantitative estimate of drug-likeness (QED) is 0.549. The summed E-state index contributed by atoms with van der Waals surface area (Å²) in [6.45, 7) is 0. The first-order valence-electron chi connectivity index (χ1n) is 6.87. The topological polar surface area (TPSA) is 93.0 Å². The summed E-state index contributed by atoms with van der Waals surface area (Å²) in [5, 5.41) is 17.2. The number of nitro benzene ring substituents is 1. The van der Waals surface area contributed by atoms with Crippen LogP contribution in [-0.2, 0) is 0 Å². The zero-order valence-corrected chi connectivity index (χ0v) is 12.0. The van der Waals surface area contributed by atoms with Crippen molar-refractivity contribution in [2.75, 3.05) is 10.6 Å². The molecule has 0 fully saturated rings. The molecular weight excluding hydrogens is 294 g/mol. The average Bonchev–Trinajstić information content (AvgIpc) is 2.58. The van der Waals surface area contributed by atoms with Crippen LogP contribution in [0.3, 0.4) is 0 Å². The summed E-state index contributed by atoms with van der Waals surface area (Å²) in [5.41, 5.74) is 1.21. The number of nitrogens with zero attached hydrogens (tertiary/aromatic N) is 3. The van der Waals surface area contributed by atoms with Gasteiger partial charge in [-0.2, -0.15) is 0 Å². The highest BCUT2D eigenvalue weighted by Gasteiger charge is 2.12. The SMILES string of the molecule is O=[N+]([O-])c1ccc(Nc2ccccn2)c(Nc2ccccn2)c1. The predicted octanol–water partition coefficient (Wildman–Crippen LogP) is 3.87. The van der Waals surface area contributed by atoms with E-state index in [1.54, 1.807) is 30.6 Å². The van der Waals surface area contributed by atoms with Gasteiger partial charge in [0.1, 0.15) is 11.6 Å². The fourth-order valence-electron chi connectivity index (χ4n) is 2.01. The first-order valence-corrected chi connectivity index (χ1v) is 6.87. The van der Waals surface area contributed by atoms with Gasteiger partial charge in [-0.05, 0) is 30.3 Å². The lowest BCUT2D eigenvalue weighted by Crippen LogP contribution is -2.01. The number of nitro groups is 1. The van der Waals surface area contributed by atoms with Crippen LogP contribution in [0.5, 0.6) is 0 Å². The van der Waals surface area contributed by atoms with Crippen molar-refractivity contribution in [3.05, 3.63) is 77.1 Å². The van der Waals surface area contributed by atoms with Gasteiger partial charge < -0.3 is 10.6 Å². The fraction of sp³-hybridized carbons (Fsp3) is 0. The first-order chi connectivity index (χ1) is 11.2. The summed E-state index contributed by atoms with van der Waals surface area (Å²) < 4.78 is 0. The van der Waals surface area contributed by atoms with Crippen LogP contribution in [0.25, 0.3) is 0 Å². The average molecular weight is 307 g/mol. The van der Waals surface area contributed by atoms with Crippen LogP contribution < -0.4 is 10.6 Å². The van der Waals surface area contributed by atoms with Crippen molar-refractivity contribution >= 4 is 28.7 Å². The minimum atomic E-state index is -0.436. The Morgan fingerprint density at radius 1 is 0.826 bits per heavy atom. The zero-order valence-electron chi connectivity index (χ0n) is 12.0. The Morgan fingerprint density at radius 3 is 1.96 bits per heavy atom. The molecule has 2 heterocycles. The van der Waals surface area contributed by atoms with E-state index in [9.17, 15) is 10.1 Å². The van der Waals surface area contributed by atoms with Crippen molar-refractivity contribution in [1.29, 1.82) is 0 Å². The molecule has 7 heteroatoms. The molecule has 0 aliphatic heterocycles. The summed E-state index contributed by atoms with van der Waals surface area (Å²) in [6.07, 6.45) is 3.31. The molecule has 0 unspecified atom stereocenters. The van der Waals surface area contributed by atoms with Gasteiger partial charge in [-0.3, -0.25) is 10.1 Å². The van der Waals surface area contributed by atoms with E-state index in [1.165, 1.54) is 12.1 Å². The Hall–Kier alpha value is -3.48. The lowest BCUT2D eigenvalue weighted by Gasteiger charge is -2.13. The van der Waals surface area contributed by atoms with E-state index in [0.717, 1.165) is 0 Å². The fourth-order valence-corrected chi connectivity index (χ4v) is 2.01. The molecule has 114 valence electrons. The van der Waals surface area contributed by atoms with Crippen molar-refractivity contribution in [3.8, 4) is 0 Å². The van der Waals surface area contributed by atoms with Gasteiger partial charge >= 0.3 is 0 Å². The van der Waals surface area contributed by atoms with Gasteiger partial charge in [0.2, 0.25) is 0 Å². The number of pyridine rings is 2. The molecule has 0 spiro atoms. The molecule has 3 aromatic rings. The number of aromatic nitrogens is 2. The van der Waals surface area contributed by atoms with Crippen molar-refractivity contribution in [1.82, 2.24) is 9.97 Å². The number of hydrogen-bond acceptors (Lipinski definition) is 6. The van der Waals surface area contributed by atoms with Crippen LogP contribution in [0.15, 0.2) is 67.0 Å². The predicted molar refractivity (Wildman–Crippen MR) is 88.1 cm³/mol. The van der Waals surface area contributed by atoms with Crippen molar-refractivity contribution in [3.63, 3.8) is 0 Å². The molecule has 0 saturated heterocycles. The number of rotatable bonds is 5. The van der Waals surface area contributed by atoms with E-state index in [4.69, 9.17) is 0 Å². The van der Waals surface area contributed by atoms with E-state index in [0.29, 0.717) is 23.0 Å². The zero-order chi connectivity index (χ0) is 16.1. The molecular formula is C16H13N5O2. The summed E-state index contributed by atoms with van der Waals surface area (Å²) in [5.74, 6) is 1.24. The monoisotopic (exact) mass is 307 g/mol. The number of anilines is 4. The Balaban J connectivity index is 1.95. The van der Waals surface area contributed by atoms with Gasteiger partial charge in [0.15, 0.2) is 0 Å². The summed E-state index contributed by atoms with van der Waals surface area (Å²) in [7, 11) is 0. The maximum absolute atomic E-state index is 11.0. The third-order valence-electron chi connectivity index (χ3n) is 3.07. The maximum atomic E-state index is 11.0. The molecule has 1 aromatic carbocycles. The number of hydrogen-bond donors (Lipinski definition) is 2. The molecule has 0 aliphatic carbocycles. The molecule has 0 bridgehead atoms. The van der Waals surface area contributed by atoms with Gasteiger partial charge in [-0.25, -0.2) is 9.97 Å². The van der Waals surface area contributed by atoms with Crippen molar-refractivity contribution < 1.29 is 4.92 Å². The van der Waals surface area contributed by atoms with E-state index in [2.05, 4.69) is 20.6 Å². The first kappa shape index (κ1) is 14.5. The molecule has 2 aromatic heterocycles. The third kappa shape index (κ3) is 3.59. The van der Waals surface area contributed by atoms with Crippen LogP contribution in [0, 0.1) is 10.1 Å². The third-order valence-corrected chi connectivity index (χ3v) is 3.07. The molecule has 0 amide bonds. The second kappa shape index (κ2) is 6.52. The summed E-state index contributed by atoms with van der Waals surface area (Å²) in [4.78, 5) is 18.9. The summed E-state index contributed by atoms with van der Waals surface area (Å²) >= 11 is 0. The van der Waals surface area contributed by atoms with Crippen LogP contribution in [0.1, 0.15) is 0 Å². The second-order valence-corrected chi connectivity index (χ2v) is 4.67. The molecule has 23 heavy (non-hydrogen) atoms. The normalized spacial score (nSPS) is 10.1. The van der Waals surface area contributed by atoms with Gasteiger partial charge in [0, 0.05) is 24.5 Å². The largest absolute Gasteiger partial charge is 0.339 e. The van der Waals surface area contributed by atoms with E-state index >= 15 is 0 Å². The number of benzene rings is 1. The molecule has 7 nitrogen and oxygen atoms in total. The molecule has 0 radical (unpaired) electrons. The van der Waals surface area contributed by atoms with Crippen LogP contribution in [-0.4, -0.2) is 14.9 Å². The lowest BCUT2D eigenvalue weighted by molar-refractivity contribution is -0.384. The Labute approximate surface area is 132 Å². The Morgan fingerprint density at radius 2 is 1.43 bits per heavy atom. The second-order valence-electron chi connectivity index (χ2n) is 4.67. The Kier molecular flexibility index (Phi) is 4.10. The lowest BCUT2D eigenvalue weighted by atomic mass is 10.2. The Bertz CT molecular complexity index is 809. The number of nitrogens with one attached hydrogen (secondary N) is 2. The van der Waals surface area contributed by atoms with Crippen LogP contribution in [0.2, 0.25) is 0 Å². The van der Waals surface area contributed by atoms with Gasteiger partial charge in [-0.15, -0.1) is 0 Å². The molecule has 2 N–H and O–H groups in total. The molecule has 0 saturated carbocycles. The maximum Gasteiger partial charge on any atom is 0.271 e. The van der Waals surface area contributed by atoms with Gasteiger partial charge in [0.05, 0.1) is 16.3 Å². The van der Waals surface area contributed by atoms with Crippen molar-refractivity contribution in [2.45, 2.75) is 0 Å². The highest BCUT2D eigenvalue weighted by atomic mass is 16.6. The minimum Gasteiger partial charge on any atom is -0.339 e. The molecule has 0 atom stereocenters. The smallest absolute Gasteiger partial charge is 0.271 e. The van der Waals surface area contributed by atoms with E-state index in [1.807, 2.05) is 24.3 Å². The summed E-state index contributed by atoms with van der Waals surface area (Å²) in [6, 6.07) is 15.4. The van der Waals surface area contributed by atoms with E-state index < -0.39 is 4.92 Å². The van der Waals surface area contributed by atoms with Crippen molar-refractivity contribution in [2.24, 2.45) is 0 Å². The minimum absolute atomic E-state index is 0.00463. The van der Waals surface area contributed by atoms with Crippen LogP contribution in [0.4, 0.5) is 28.7 Å². The standard InChI is InChI=1S/C16H13N5O2/c22-21(23)12-7-8-13(19-15-5-1-3-9-17-15)14(11-12)20-16-6-2-4-10-18-16/h1-11H,(H,17,19)(H,18,20).